The van der Waals surface area contributed by atoms with E-state index in [0.29, 0.717) is 23.1 Å². The van der Waals surface area contributed by atoms with E-state index in [1.165, 1.54) is 14.2 Å². The van der Waals surface area contributed by atoms with E-state index >= 15 is 0 Å². The fourth-order valence-corrected chi connectivity index (χ4v) is 1.47. The van der Waals surface area contributed by atoms with Crippen LogP contribution in [0, 0.1) is 0 Å². The van der Waals surface area contributed by atoms with Gasteiger partial charge in [-0.1, -0.05) is 0 Å². The molecule has 2 heterocycles. The molecule has 2 aromatic rings. The molecule has 0 saturated carbocycles. The fraction of sp³-hybridized carbons (Fsp3) is 0.375. The van der Waals surface area contributed by atoms with Crippen LogP contribution in [-0.4, -0.2) is 33.7 Å². The quantitative estimate of drug-likeness (QED) is 0.719. The molecular weight excluding hydrogens is 220 g/mol. The summed E-state index contributed by atoms with van der Waals surface area (Å²) in [5, 5.41) is 0.116. The Hall–Kier alpha value is -1.56. The van der Waals surface area contributed by atoms with Crippen molar-refractivity contribution in [2.24, 2.45) is 7.05 Å². The summed E-state index contributed by atoms with van der Waals surface area (Å²) < 4.78 is 11.8. The van der Waals surface area contributed by atoms with Crippen molar-refractivity contribution in [1.29, 1.82) is 0 Å². The minimum Gasteiger partial charge on any atom is -0.479 e. The number of ether oxygens (including phenoxy) is 2. The predicted molar refractivity (Wildman–Crippen MR) is 54.4 cm³/mol. The van der Waals surface area contributed by atoms with Gasteiger partial charge in [0.25, 0.3) is 6.01 Å². The van der Waals surface area contributed by atoms with E-state index in [2.05, 4.69) is 15.0 Å². The van der Waals surface area contributed by atoms with Crippen molar-refractivity contribution >= 4 is 22.8 Å². The van der Waals surface area contributed by atoms with Crippen molar-refractivity contribution < 1.29 is 9.47 Å². The molecule has 0 aromatic carbocycles. The van der Waals surface area contributed by atoms with Crippen LogP contribution >= 0.6 is 11.6 Å². The Kier molecular flexibility index (Phi) is 2.36. The lowest BCUT2D eigenvalue weighted by Crippen LogP contribution is -1.96. The topological polar surface area (TPSA) is 62.1 Å². The smallest absolute Gasteiger partial charge is 0.298 e. The van der Waals surface area contributed by atoms with E-state index in [0.717, 1.165) is 0 Å². The van der Waals surface area contributed by atoms with Crippen molar-refractivity contribution in [3.8, 4) is 11.9 Å². The average Bonchev–Trinajstić information content (AvgIpc) is 2.55. The van der Waals surface area contributed by atoms with Gasteiger partial charge in [0.2, 0.25) is 11.2 Å². The number of methoxy groups -OCH3 is 2. The molecule has 7 heteroatoms. The molecule has 0 fully saturated rings. The molecule has 15 heavy (non-hydrogen) atoms. The van der Waals surface area contributed by atoms with Gasteiger partial charge in [0.1, 0.15) is 0 Å². The third kappa shape index (κ3) is 1.46. The van der Waals surface area contributed by atoms with Gasteiger partial charge < -0.3 is 9.47 Å². The summed E-state index contributed by atoms with van der Waals surface area (Å²) in [5.41, 5.74) is 1.10. The molecule has 0 aliphatic rings. The molecule has 6 nitrogen and oxygen atoms in total. The summed E-state index contributed by atoms with van der Waals surface area (Å²) in [7, 11) is 4.80. The first-order valence-corrected chi connectivity index (χ1v) is 4.53. The van der Waals surface area contributed by atoms with Gasteiger partial charge in [-0.3, -0.25) is 4.57 Å². The Morgan fingerprint density at radius 2 is 1.87 bits per heavy atom. The monoisotopic (exact) mass is 228 g/mol. The number of imidazole rings is 1. The first-order valence-electron chi connectivity index (χ1n) is 4.15. The molecule has 0 atom stereocenters. The zero-order valence-corrected chi connectivity index (χ0v) is 9.24. The standard InChI is InChI=1S/C8H9ClN4O2/c1-13-5-4(10-8(13)15-3)6(14-2)12-7(9)11-5/h1-3H3. The van der Waals surface area contributed by atoms with Crippen molar-refractivity contribution in [2.45, 2.75) is 0 Å². The van der Waals surface area contributed by atoms with E-state index in [-0.39, 0.29) is 5.28 Å². The molecule has 80 valence electrons. The number of rotatable bonds is 2. The van der Waals surface area contributed by atoms with Gasteiger partial charge in [0, 0.05) is 7.05 Å². The number of nitrogens with zero attached hydrogens (tertiary/aromatic N) is 4. The first kappa shape index (κ1) is 9.97. The van der Waals surface area contributed by atoms with Gasteiger partial charge in [0.05, 0.1) is 14.2 Å². The highest BCUT2D eigenvalue weighted by Gasteiger charge is 2.15. The third-order valence-corrected chi connectivity index (χ3v) is 2.16. The van der Waals surface area contributed by atoms with Crippen LogP contribution in [0.2, 0.25) is 5.28 Å². The van der Waals surface area contributed by atoms with Crippen LogP contribution in [0.1, 0.15) is 0 Å². The van der Waals surface area contributed by atoms with Crippen LogP contribution in [0.5, 0.6) is 11.9 Å². The van der Waals surface area contributed by atoms with Gasteiger partial charge in [-0.05, 0) is 11.6 Å². The van der Waals surface area contributed by atoms with Crippen molar-refractivity contribution in [2.75, 3.05) is 14.2 Å². The molecule has 0 spiro atoms. The summed E-state index contributed by atoms with van der Waals surface area (Å²) in [6, 6.07) is 0.430. The molecule has 0 saturated heterocycles. The second-order valence-electron chi connectivity index (χ2n) is 2.83. The fourth-order valence-electron chi connectivity index (χ4n) is 1.32. The molecule has 0 aliphatic carbocycles. The van der Waals surface area contributed by atoms with Crippen LogP contribution in [0.25, 0.3) is 11.2 Å². The number of aromatic nitrogens is 4. The van der Waals surface area contributed by atoms with Gasteiger partial charge in [-0.25, -0.2) is 0 Å². The molecule has 0 unspecified atom stereocenters. The van der Waals surface area contributed by atoms with Crippen LogP contribution in [-0.2, 0) is 7.05 Å². The van der Waals surface area contributed by atoms with Gasteiger partial charge in [-0.2, -0.15) is 15.0 Å². The summed E-state index contributed by atoms with van der Waals surface area (Å²) in [4.78, 5) is 12.1. The normalized spacial score (nSPS) is 10.7. The van der Waals surface area contributed by atoms with Crippen LogP contribution in [0.3, 0.4) is 0 Å². The Morgan fingerprint density at radius 3 is 2.47 bits per heavy atom. The molecule has 0 bridgehead atoms. The Bertz CT molecular complexity index is 511. The first-order chi connectivity index (χ1) is 7.17. The highest BCUT2D eigenvalue weighted by molar-refractivity contribution is 6.28. The summed E-state index contributed by atoms with van der Waals surface area (Å²) in [6.07, 6.45) is 0. The number of fused-ring (bicyclic) bond motifs is 1. The van der Waals surface area contributed by atoms with Crippen LogP contribution in [0.4, 0.5) is 0 Å². The average molecular weight is 229 g/mol. The van der Waals surface area contributed by atoms with Gasteiger partial charge >= 0.3 is 0 Å². The lowest BCUT2D eigenvalue weighted by atomic mass is 10.5. The molecule has 0 aliphatic heterocycles. The second-order valence-corrected chi connectivity index (χ2v) is 3.17. The molecule has 2 rings (SSSR count). The summed E-state index contributed by atoms with van der Waals surface area (Å²) in [6.45, 7) is 0. The minimum atomic E-state index is 0.116. The lowest BCUT2D eigenvalue weighted by molar-refractivity contribution is 0.367. The van der Waals surface area contributed by atoms with Gasteiger partial charge in [-0.15, -0.1) is 0 Å². The SMILES string of the molecule is COc1nc(Cl)nc2c1nc(OC)n2C. The van der Waals surface area contributed by atoms with Crippen molar-refractivity contribution in [1.82, 2.24) is 19.5 Å². The lowest BCUT2D eigenvalue weighted by Gasteiger charge is -2.00. The van der Waals surface area contributed by atoms with Gasteiger partial charge in [0.15, 0.2) is 11.2 Å². The number of hydrogen-bond donors (Lipinski definition) is 0. The number of aryl methyl sites for hydroxylation is 1. The van der Waals surface area contributed by atoms with Crippen LogP contribution < -0.4 is 9.47 Å². The van der Waals surface area contributed by atoms with E-state index < -0.39 is 0 Å². The largest absolute Gasteiger partial charge is 0.479 e. The maximum atomic E-state index is 5.74. The second kappa shape index (κ2) is 3.54. The predicted octanol–water partition coefficient (Wildman–Crippen LogP) is 1.03. The van der Waals surface area contributed by atoms with E-state index in [1.807, 2.05) is 0 Å². The summed E-state index contributed by atoms with van der Waals surface area (Å²) >= 11 is 5.74. The van der Waals surface area contributed by atoms with E-state index in [1.54, 1.807) is 11.6 Å². The van der Waals surface area contributed by atoms with Crippen molar-refractivity contribution in [3.05, 3.63) is 5.28 Å². The highest BCUT2D eigenvalue weighted by atomic mass is 35.5. The molecule has 2 aromatic heterocycles. The summed E-state index contributed by atoms with van der Waals surface area (Å²) in [5.74, 6) is 0.337. The minimum absolute atomic E-state index is 0.116. The number of halogens is 1. The van der Waals surface area contributed by atoms with Crippen molar-refractivity contribution in [3.63, 3.8) is 0 Å². The van der Waals surface area contributed by atoms with E-state index in [4.69, 9.17) is 21.1 Å². The van der Waals surface area contributed by atoms with E-state index in [9.17, 15) is 0 Å². The zero-order chi connectivity index (χ0) is 11.0. The molecular formula is C8H9ClN4O2. The number of hydrogen-bond acceptors (Lipinski definition) is 5. The maximum Gasteiger partial charge on any atom is 0.298 e. The molecule has 0 amide bonds. The Morgan fingerprint density at radius 1 is 1.13 bits per heavy atom. The Balaban J connectivity index is 2.81. The third-order valence-electron chi connectivity index (χ3n) is 1.99. The Labute approximate surface area is 90.8 Å². The highest BCUT2D eigenvalue weighted by Crippen LogP contribution is 2.26. The van der Waals surface area contributed by atoms with Crippen LogP contribution in [0.15, 0.2) is 0 Å². The maximum absolute atomic E-state index is 5.74. The molecule has 0 N–H and O–H groups in total. The zero-order valence-electron chi connectivity index (χ0n) is 8.48. The molecule has 0 radical (unpaired) electrons.